The largest absolute Gasteiger partial charge is 0.390 e. The minimum Gasteiger partial charge on any atom is -0.390 e. The van der Waals surface area contributed by atoms with E-state index in [1.54, 1.807) is 6.92 Å². The summed E-state index contributed by atoms with van der Waals surface area (Å²) in [6.07, 6.45) is 0.00520. The molecular formula is C10H16N2O3S. The number of aliphatic hydroxyl groups is 2. The van der Waals surface area contributed by atoms with Gasteiger partial charge in [0.1, 0.15) is 11.9 Å². The molecule has 0 amide bonds. The predicted molar refractivity (Wildman–Crippen MR) is 62.0 cm³/mol. The molecule has 0 aliphatic carbocycles. The lowest BCUT2D eigenvalue weighted by molar-refractivity contribution is -0.109. The highest BCUT2D eigenvalue weighted by Gasteiger charge is 2.19. The summed E-state index contributed by atoms with van der Waals surface area (Å²) in [6.45, 7) is 3.25. The lowest BCUT2D eigenvalue weighted by Gasteiger charge is -2.15. The molecule has 0 aliphatic heterocycles. The Kier molecular flexibility index (Phi) is 4.98. The molecule has 16 heavy (non-hydrogen) atoms. The van der Waals surface area contributed by atoms with E-state index >= 15 is 0 Å². The molecule has 6 heteroatoms. The van der Waals surface area contributed by atoms with Gasteiger partial charge in [0.25, 0.3) is 0 Å². The number of thioether (sulfide) groups is 1. The molecule has 90 valence electrons. The van der Waals surface area contributed by atoms with Crippen LogP contribution in [-0.4, -0.2) is 37.2 Å². The van der Waals surface area contributed by atoms with Gasteiger partial charge >= 0.3 is 0 Å². The first-order valence-electron chi connectivity index (χ1n) is 5.01. The monoisotopic (exact) mass is 244 g/mol. The fourth-order valence-electron chi connectivity index (χ4n) is 1.28. The van der Waals surface area contributed by atoms with Crippen molar-refractivity contribution in [2.24, 2.45) is 0 Å². The fourth-order valence-corrected chi connectivity index (χ4v) is 1.93. The standard InChI is InChI=1S/C10H16N2O3S/c1-6-11-5-8(12-6)10(15)9(14)3-4-16-7(2)13/h5,9-10,14-15H,3-4H2,1-2H3,(H,11,12). The zero-order valence-electron chi connectivity index (χ0n) is 9.30. The summed E-state index contributed by atoms with van der Waals surface area (Å²) < 4.78 is 0. The van der Waals surface area contributed by atoms with E-state index in [1.807, 2.05) is 0 Å². The summed E-state index contributed by atoms with van der Waals surface area (Å²) in [5.74, 6) is 1.19. The van der Waals surface area contributed by atoms with E-state index < -0.39 is 12.2 Å². The third-order valence-corrected chi connectivity index (χ3v) is 2.97. The smallest absolute Gasteiger partial charge is 0.185 e. The van der Waals surface area contributed by atoms with E-state index in [2.05, 4.69) is 9.97 Å². The van der Waals surface area contributed by atoms with E-state index in [-0.39, 0.29) is 5.12 Å². The van der Waals surface area contributed by atoms with Crippen molar-refractivity contribution in [1.29, 1.82) is 0 Å². The number of carbonyl (C=O) groups excluding carboxylic acids is 1. The average Bonchev–Trinajstić information content (AvgIpc) is 2.63. The molecule has 1 heterocycles. The molecule has 0 saturated carbocycles. The molecule has 0 aromatic carbocycles. The summed E-state index contributed by atoms with van der Waals surface area (Å²) in [5.41, 5.74) is 0.498. The van der Waals surface area contributed by atoms with Gasteiger partial charge < -0.3 is 15.2 Å². The fraction of sp³-hybridized carbons (Fsp3) is 0.600. The molecule has 0 bridgehead atoms. The third-order valence-electron chi connectivity index (χ3n) is 2.12. The zero-order chi connectivity index (χ0) is 12.1. The number of rotatable bonds is 5. The molecule has 3 N–H and O–H groups in total. The minimum atomic E-state index is -0.978. The van der Waals surface area contributed by atoms with Gasteiger partial charge in [-0.2, -0.15) is 0 Å². The lowest BCUT2D eigenvalue weighted by atomic mass is 10.1. The molecule has 0 saturated heterocycles. The van der Waals surface area contributed by atoms with Gasteiger partial charge in [-0.15, -0.1) is 0 Å². The first kappa shape index (κ1) is 13.2. The van der Waals surface area contributed by atoms with Crippen molar-refractivity contribution in [3.8, 4) is 0 Å². The van der Waals surface area contributed by atoms with Gasteiger partial charge in [0.15, 0.2) is 5.12 Å². The Morgan fingerprint density at radius 3 is 2.81 bits per heavy atom. The summed E-state index contributed by atoms with van der Waals surface area (Å²) in [6, 6.07) is 0. The Morgan fingerprint density at radius 2 is 2.31 bits per heavy atom. The number of aromatic amines is 1. The Bertz CT molecular complexity index is 354. The molecule has 0 aliphatic rings. The Morgan fingerprint density at radius 1 is 1.62 bits per heavy atom. The topological polar surface area (TPSA) is 86.2 Å². The number of H-pyrrole nitrogens is 1. The van der Waals surface area contributed by atoms with Crippen LogP contribution in [0, 0.1) is 6.92 Å². The first-order chi connectivity index (χ1) is 7.50. The molecule has 0 fully saturated rings. The maximum absolute atomic E-state index is 10.7. The highest BCUT2D eigenvalue weighted by molar-refractivity contribution is 8.13. The zero-order valence-corrected chi connectivity index (χ0v) is 10.1. The Labute approximate surface area is 98.3 Å². The van der Waals surface area contributed by atoms with Crippen molar-refractivity contribution in [3.05, 3.63) is 17.7 Å². The lowest BCUT2D eigenvalue weighted by Crippen LogP contribution is -2.19. The molecule has 0 radical (unpaired) electrons. The maximum Gasteiger partial charge on any atom is 0.185 e. The molecule has 2 atom stereocenters. The van der Waals surface area contributed by atoms with Crippen molar-refractivity contribution in [1.82, 2.24) is 9.97 Å². The molecular weight excluding hydrogens is 228 g/mol. The summed E-state index contributed by atoms with van der Waals surface area (Å²) >= 11 is 1.14. The van der Waals surface area contributed by atoms with Gasteiger partial charge in [0.2, 0.25) is 0 Å². The minimum absolute atomic E-state index is 0.0130. The molecule has 1 rings (SSSR count). The number of aliphatic hydroxyl groups excluding tert-OH is 2. The van der Waals surface area contributed by atoms with Crippen LogP contribution < -0.4 is 0 Å². The molecule has 1 aromatic rings. The van der Waals surface area contributed by atoms with E-state index in [0.29, 0.717) is 23.7 Å². The second kappa shape index (κ2) is 6.03. The highest BCUT2D eigenvalue weighted by atomic mass is 32.2. The van der Waals surface area contributed by atoms with Crippen molar-refractivity contribution in [3.63, 3.8) is 0 Å². The van der Waals surface area contributed by atoms with Crippen molar-refractivity contribution in [2.45, 2.75) is 32.5 Å². The molecule has 1 aromatic heterocycles. The van der Waals surface area contributed by atoms with Gasteiger partial charge in [-0.1, -0.05) is 11.8 Å². The van der Waals surface area contributed by atoms with Crippen LogP contribution in [0.3, 0.4) is 0 Å². The number of hydrogen-bond acceptors (Lipinski definition) is 5. The van der Waals surface area contributed by atoms with Crippen LogP contribution in [0.25, 0.3) is 0 Å². The number of aryl methyl sites for hydroxylation is 1. The summed E-state index contributed by atoms with van der Waals surface area (Å²) in [4.78, 5) is 17.5. The first-order valence-corrected chi connectivity index (χ1v) is 6.00. The van der Waals surface area contributed by atoms with Crippen molar-refractivity contribution < 1.29 is 15.0 Å². The summed E-state index contributed by atoms with van der Waals surface area (Å²) in [5, 5.41) is 19.4. The van der Waals surface area contributed by atoms with Crippen LogP contribution in [0.1, 0.15) is 31.0 Å². The predicted octanol–water partition coefficient (Wildman–Crippen LogP) is 0.782. The second-order valence-corrected chi connectivity index (χ2v) is 4.84. The van der Waals surface area contributed by atoms with E-state index in [9.17, 15) is 15.0 Å². The third kappa shape index (κ3) is 3.96. The van der Waals surface area contributed by atoms with Crippen molar-refractivity contribution in [2.75, 3.05) is 5.75 Å². The Hall–Kier alpha value is -0.850. The molecule has 5 nitrogen and oxygen atoms in total. The van der Waals surface area contributed by atoms with Crippen LogP contribution in [-0.2, 0) is 4.79 Å². The van der Waals surface area contributed by atoms with Gasteiger partial charge in [-0.25, -0.2) is 4.98 Å². The van der Waals surface area contributed by atoms with Crippen LogP contribution in [0.5, 0.6) is 0 Å². The number of aromatic nitrogens is 2. The van der Waals surface area contributed by atoms with Crippen LogP contribution in [0.2, 0.25) is 0 Å². The number of nitrogens with zero attached hydrogens (tertiary/aromatic N) is 1. The van der Waals surface area contributed by atoms with Crippen molar-refractivity contribution >= 4 is 16.9 Å². The van der Waals surface area contributed by atoms with Crippen LogP contribution >= 0.6 is 11.8 Å². The molecule has 2 unspecified atom stereocenters. The maximum atomic E-state index is 10.7. The van der Waals surface area contributed by atoms with E-state index in [1.165, 1.54) is 13.1 Å². The number of carbonyl (C=O) groups is 1. The second-order valence-electron chi connectivity index (χ2n) is 3.56. The average molecular weight is 244 g/mol. The van der Waals surface area contributed by atoms with Crippen LogP contribution in [0.15, 0.2) is 6.20 Å². The molecule has 0 spiro atoms. The van der Waals surface area contributed by atoms with Gasteiger partial charge in [-0.3, -0.25) is 4.79 Å². The van der Waals surface area contributed by atoms with Gasteiger partial charge in [-0.05, 0) is 13.3 Å². The normalized spacial score (nSPS) is 14.8. The number of nitrogens with one attached hydrogen (secondary N) is 1. The quantitative estimate of drug-likeness (QED) is 0.712. The highest BCUT2D eigenvalue weighted by Crippen LogP contribution is 2.18. The van der Waals surface area contributed by atoms with Gasteiger partial charge in [0, 0.05) is 12.7 Å². The van der Waals surface area contributed by atoms with E-state index in [0.717, 1.165) is 11.8 Å². The SMILES string of the molecule is CC(=O)SCCC(O)C(O)c1cnc(C)[nH]1. The summed E-state index contributed by atoms with van der Waals surface area (Å²) in [7, 11) is 0. The number of hydrogen-bond donors (Lipinski definition) is 3. The van der Waals surface area contributed by atoms with E-state index in [4.69, 9.17) is 0 Å². The Balaban J connectivity index is 2.41. The van der Waals surface area contributed by atoms with Crippen LogP contribution in [0.4, 0.5) is 0 Å². The number of imidazole rings is 1. The van der Waals surface area contributed by atoms with Gasteiger partial charge in [0.05, 0.1) is 18.0 Å².